The van der Waals surface area contributed by atoms with Gasteiger partial charge in [0.25, 0.3) is 0 Å². The van der Waals surface area contributed by atoms with Crippen LogP contribution in [-0.4, -0.2) is 45.0 Å². The van der Waals surface area contributed by atoms with Gasteiger partial charge in [-0.3, -0.25) is 9.36 Å². The van der Waals surface area contributed by atoms with Gasteiger partial charge in [0, 0.05) is 19.3 Å². The average molecular weight is 491 g/mol. The van der Waals surface area contributed by atoms with Crippen molar-refractivity contribution in [2.75, 3.05) is 14.2 Å². The number of thioether (sulfide) groups is 1. The number of amides is 1. The van der Waals surface area contributed by atoms with Crippen molar-refractivity contribution in [1.82, 2.24) is 19.7 Å². The fourth-order valence-electron chi connectivity index (χ4n) is 3.78. The van der Waals surface area contributed by atoms with Crippen molar-refractivity contribution in [2.45, 2.75) is 30.8 Å². The van der Waals surface area contributed by atoms with E-state index in [-0.39, 0.29) is 11.7 Å². The molecule has 0 bridgehead atoms. The minimum Gasteiger partial charge on any atom is -0.496 e. The first-order valence-electron chi connectivity index (χ1n) is 11.2. The molecule has 180 valence electrons. The number of ether oxygens (including phenoxy) is 1. The molecule has 0 saturated carbocycles. The van der Waals surface area contributed by atoms with Crippen LogP contribution in [0.2, 0.25) is 0 Å². The zero-order valence-corrected chi connectivity index (χ0v) is 20.9. The zero-order chi connectivity index (χ0) is 24.9. The fourth-order valence-corrected chi connectivity index (χ4v) is 4.76. The van der Waals surface area contributed by atoms with E-state index in [1.807, 2.05) is 66.9 Å². The second kappa shape index (κ2) is 10.7. The van der Waals surface area contributed by atoms with E-state index in [1.54, 1.807) is 31.2 Å². The van der Waals surface area contributed by atoms with E-state index in [0.717, 1.165) is 22.4 Å². The molecular weight excluding hydrogens is 463 g/mol. The molecule has 0 saturated heterocycles. The summed E-state index contributed by atoms with van der Waals surface area (Å²) in [7, 11) is 3.34. The predicted octanol–water partition coefficient (Wildman–Crippen LogP) is 5.53. The lowest BCUT2D eigenvalue weighted by Crippen LogP contribution is -2.33. The zero-order valence-electron chi connectivity index (χ0n) is 20.1. The lowest BCUT2D eigenvalue weighted by molar-refractivity contribution is -0.129. The number of hydrogen-bond donors (Lipinski definition) is 0. The van der Waals surface area contributed by atoms with Crippen LogP contribution in [0.25, 0.3) is 17.1 Å². The van der Waals surface area contributed by atoms with E-state index in [2.05, 4.69) is 10.2 Å². The summed E-state index contributed by atoms with van der Waals surface area (Å²) in [6.45, 7) is 4.19. The standard InChI is InChI=1S/C27H27FN4O2S/c1-18-12-14-22(15-13-18)32-25(23-10-5-6-11-24(23)34-4)29-30-27(32)35-19(2)26(33)31(3)17-20-8-7-9-21(28)16-20/h5-16,19H,17H2,1-4H3. The van der Waals surface area contributed by atoms with Gasteiger partial charge in [-0.25, -0.2) is 4.39 Å². The Morgan fingerprint density at radius 2 is 1.83 bits per heavy atom. The molecule has 0 aliphatic rings. The molecule has 4 aromatic rings. The first-order chi connectivity index (χ1) is 16.9. The molecule has 0 aliphatic heterocycles. The van der Waals surface area contributed by atoms with Crippen molar-refractivity contribution in [2.24, 2.45) is 0 Å². The third-order valence-electron chi connectivity index (χ3n) is 5.59. The maximum absolute atomic E-state index is 13.6. The summed E-state index contributed by atoms with van der Waals surface area (Å²) in [6, 6.07) is 22.0. The largest absolute Gasteiger partial charge is 0.496 e. The van der Waals surface area contributed by atoms with Gasteiger partial charge >= 0.3 is 0 Å². The Morgan fingerprint density at radius 1 is 1.09 bits per heavy atom. The smallest absolute Gasteiger partial charge is 0.235 e. The lowest BCUT2D eigenvalue weighted by Gasteiger charge is -2.21. The number of aromatic nitrogens is 3. The molecule has 3 aromatic carbocycles. The number of hydrogen-bond acceptors (Lipinski definition) is 5. The second-order valence-corrected chi connectivity index (χ2v) is 9.57. The summed E-state index contributed by atoms with van der Waals surface area (Å²) in [4.78, 5) is 14.7. The quantitative estimate of drug-likeness (QED) is 0.304. The topological polar surface area (TPSA) is 60.3 Å². The number of methoxy groups -OCH3 is 1. The summed E-state index contributed by atoms with van der Waals surface area (Å²) in [5.74, 6) is 0.905. The Kier molecular flexibility index (Phi) is 7.51. The Labute approximate surface area is 208 Å². The Hall–Kier alpha value is -3.65. The van der Waals surface area contributed by atoms with Gasteiger partial charge in [-0.2, -0.15) is 0 Å². The van der Waals surface area contributed by atoms with Crippen LogP contribution < -0.4 is 4.74 Å². The molecule has 1 atom stereocenters. The highest BCUT2D eigenvalue weighted by Crippen LogP contribution is 2.34. The van der Waals surface area contributed by atoms with Gasteiger partial charge in [-0.1, -0.05) is 53.7 Å². The van der Waals surface area contributed by atoms with Crippen molar-refractivity contribution in [1.29, 1.82) is 0 Å². The molecule has 4 rings (SSSR count). The number of carbonyl (C=O) groups is 1. The highest BCUT2D eigenvalue weighted by molar-refractivity contribution is 8.00. The maximum Gasteiger partial charge on any atom is 0.235 e. The van der Waals surface area contributed by atoms with Crippen molar-refractivity contribution >= 4 is 17.7 Å². The second-order valence-electron chi connectivity index (χ2n) is 8.26. The van der Waals surface area contributed by atoms with Crippen LogP contribution >= 0.6 is 11.8 Å². The molecular formula is C27H27FN4O2S. The molecule has 8 heteroatoms. The van der Waals surface area contributed by atoms with Crippen molar-refractivity contribution < 1.29 is 13.9 Å². The molecule has 0 fully saturated rings. The first kappa shape index (κ1) is 24.5. The summed E-state index contributed by atoms with van der Waals surface area (Å²) >= 11 is 1.33. The molecule has 1 heterocycles. The molecule has 0 radical (unpaired) electrons. The number of carbonyl (C=O) groups excluding carboxylic acids is 1. The van der Waals surface area contributed by atoms with E-state index in [0.29, 0.717) is 23.3 Å². The van der Waals surface area contributed by atoms with Crippen molar-refractivity contribution in [3.05, 3.63) is 89.7 Å². The molecule has 6 nitrogen and oxygen atoms in total. The fraction of sp³-hybridized carbons (Fsp3) is 0.222. The number of benzene rings is 3. The van der Waals surface area contributed by atoms with Crippen LogP contribution in [0.15, 0.2) is 78.0 Å². The highest BCUT2D eigenvalue weighted by Gasteiger charge is 2.25. The number of rotatable bonds is 8. The number of nitrogens with zero attached hydrogens (tertiary/aromatic N) is 4. The third-order valence-corrected chi connectivity index (χ3v) is 6.62. The lowest BCUT2D eigenvalue weighted by atomic mass is 10.1. The van der Waals surface area contributed by atoms with Gasteiger partial charge in [0.05, 0.1) is 17.9 Å². The number of para-hydroxylation sites is 1. The Balaban J connectivity index is 1.64. The van der Waals surface area contributed by atoms with E-state index in [4.69, 9.17) is 4.74 Å². The number of halogens is 1. The highest BCUT2D eigenvalue weighted by atomic mass is 32.2. The SMILES string of the molecule is COc1ccccc1-c1nnc(SC(C)C(=O)N(C)Cc2cccc(F)c2)n1-c1ccc(C)cc1. The Bertz CT molecular complexity index is 1320. The van der Waals surface area contributed by atoms with E-state index in [1.165, 1.54) is 23.9 Å². The molecule has 0 spiro atoms. The van der Waals surface area contributed by atoms with Gasteiger partial charge in [0.1, 0.15) is 11.6 Å². The summed E-state index contributed by atoms with van der Waals surface area (Å²) < 4.78 is 21.1. The van der Waals surface area contributed by atoms with Gasteiger partial charge in [-0.15, -0.1) is 10.2 Å². The summed E-state index contributed by atoms with van der Waals surface area (Å²) in [5, 5.41) is 9.07. The molecule has 1 aromatic heterocycles. The van der Waals surface area contributed by atoms with Gasteiger partial charge in [0.15, 0.2) is 11.0 Å². The monoisotopic (exact) mass is 490 g/mol. The minimum absolute atomic E-state index is 0.0865. The van der Waals surface area contributed by atoms with E-state index < -0.39 is 5.25 Å². The van der Waals surface area contributed by atoms with Crippen LogP contribution in [0.1, 0.15) is 18.1 Å². The average Bonchev–Trinajstić information content (AvgIpc) is 3.27. The van der Waals surface area contributed by atoms with Crippen molar-refractivity contribution in [3.63, 3.8) is 0 Å². The van der Waals surface area contributed by atoms with E-state index in [9.17, 15) is 9.18 Å². The maximum atomic E-state index is 13.6. The van der Waals surface area contributed by atoms with Crippen LogP contribution in [0.3, 0.4) is 0 Å². The van der Waals surface area contributed by atoms with Crippen LogP contribution in [-0.2, 0) is 11.3 Å². The van der Waals surface area contributed by atoms with Crippen LogP contribution in [0.4, 0.5) is 4.39 Å². The van der Waals surface area contributed by atoms with Gasteiger partial charge in [0.2, 0.25) is 5.91 Å². The first-order valence-corrected chi connectivity index (χ1v) is 12.1. The third kappa shape index (κ3) is 5.54. The molecule has 35 heavy (non-hydrogen) atoms. The van der Waals surface area contributed by atoms with Crippen LogP contribution in [0.5, 0.6) is 5.75 Å². The molecule has 0 N–H and O–H groups in total. The van der Waals surface area contributed by atoms with Gasteiger partial charge < -0.3 is 9.64 Å². The summed E-state index contributed by atoms with van der Waals surface area (Å²) in [5.41, 5.74) is 3.56. The van der Waals surface area contributed by atoms with E-state index >= 15 is 0 Å². The van der Waals surface area contributed by atoms with Crippen molar-refractivity contribution in [3.8, 4) is 22.8 Å². The minimum atomic E-state index is -0.438. The summed E-state index contributed by atoms with van der Waals surface area (Å²) in [6.07, 6.45) is 0. The molecule has 0 aliphatic carbocycles. The van der Waals surface area contributed by atoms with Gasteiger partial charge in [-0.05, 0) is 55.8 Å². The van der Waals surface area contributed by atoms with Crippen LogP contribution in [0, 0.1) is 12.7 Å². The molecule has 1 amide bonds. The number of aryl methyl sites for hydroxylation is 1. The normalized spacial score (nSPS) is 11.8. The molecule has 1 unspecified atom stereocenters. The Morgan fingerprint density at radius 3 is 2.54 bits per heavy atom. The predicted molar refractivity (Wildman–Crippen MR) is 136 cm³/mol.